The SMILES string of the molecule is C=CCOS(=O)(=O)O.O=S(=O)(O)O. The molecule has 3 N–H and O–H groups in total. The normalized spacial score (nSPS) is 11.3. The van der Waals surface area contributed by atoms with Crippen LogP contribution < -0.4 is 0 Å². The fourth-order valence-electron chi connectivity index (χ4n) is 0.134. The first-order chi connectivity index (χ1) is 5.56. The molecule has 0 heterocycles. The second-order valence-electron chi connectivity index (χ2n) is 1.45. The zero-order valence-corrected chi connectivity index (χ0v) is 7.82. The summed E-state index contributed by atoms with van der Waals surface area (Å²) in [4.78, 5) is 0. The lowest BCUT2D eigenvalue weighted by Crippen LogP contribution is -2.02. The van der Waals surface area contributed by atoms with E-state index in [0.717, 1.165) is 0 Å². The molecule has 0 aliphatic carbocycles. The predicted molar refractivity (Wildman–Crippen MR) is 41.9 cm³/mol. The molecule has 0 saturated heterocycles. The molecule has 0 aromatic carbocycles. The molecule has 0 rings (SSSR count). The maximum atomic E-state index is 9.68. The third-order valence-corrected chi connectivity index (χ3v) is 0.769. The van der Waals surface area contributed by atoms with Gasteiger partial charge in [0.25, 0.3) is 0 Å². The van der Waals surface area contributed by atoms with Gasteiger partial charge in [-0.2, -0.15) is 16.8 Å². The van der Waals surface area contributed by atoms with E-state index in [0.29, 0.717) is 0 Å². The fourth-order valence-corrected chi connectivity index (χ4v) is 0.402. The van der Waals surface area contributed by atoms with Crippen LogP contribution in [0.15, 0.2) is 12.7 Å². The van der Waals surface area contributed by atoms with Gasteiger partial charge >= 0.3 is 20.8 Å². The third-order valence-electron chi connectivity index (χ3n) is 0.335. The first-order valence-electron chi connectivity index (χ1n) is 2.49. The van der Waals surface area contributed by atoms with Gasteiger partial charge in [-0.15, -0.1) is 6.58 Å². The van der Waals surface area contributed by atoms with Crippen LogP contribution in [0, 0.1) is 0 Å². The Bertz CT molecular complexity index is 314. The highest BCUT2D eigenvalue weighted by Crippen LogP contribution is 1.83. The Morgan fingerprint density at radius 1 is 1.15 bits per heavy atom. The van der Waals surface area contributed by atoms with Gasteiger partial charge in [-0.1, -0.05) is 6.08 Å². The summed E-state index contributed by atoms with van der Waals surface area (Å²) in [5, 5.41) is 0. The molecular formula is C3H8O8S2. The minimum Gasteiger partial charge on any atom is -0.264 e. The Balaban J connectivity index is 0. The van der Waals surface area contributed by atoms with Crippen molar-refractivity contribution in [3.8, 4) is 0 Å². The van der Waals surface area contributed by atoms with Crippen LogP contribution >= 0.6 is 0 Å². The molecule has 13 heavy (non-hydrogen) atoms. The van der Waals surface area contributed by atoms with Crippen LogP contribution in [-0.2, 0) is 25.0 Å². The maximum absolute atomic E-state index is 9.68. The predicted octanol–water partition coefficient (Wildman–Crippen LogP) is -0.661. The standard InChI is InChI=1S/C3H6O4S.H2O4S/c1-2-3-7-8(4,5)6;1-5(2,3)4/h2H,1,3H2,(H,4,5,6);(H2,1,2,3,4). The van der Waals surface area contributed by atoms with Gasteiger partial charge in [-0.3, -0.25) is 13.7 Å². The molecular weight excluding hydrogens is 228 g/mol. The van der Waals surface area contributed by atoms with E-state index in [-0.39, 0.29) is 6.61 Å². The van der Waals surface area contributed by atoms with Crippen molar-refractivity contribution in [3.63, 3.8) is 0 Å². The lowest BCUT2D eigenvalue weighted by molar-refractivity contribution is 0.296. The molecule has 0 atom stereocenters. The third kappa shape index (κ3) is 51.4. The van der Waals surface area contributed by atoms with Crippen molar-refractivity contribution < 1.29 is 34.7 Å². The van der Waals surface area contributed by atoms with Gasteiger partial charge in [0.15, 0.2) is 0 Å². The molecule has 0 radical (unpaired) electrons. The first-order valence-corrected chi connectivity index (χ1v) is 5.25. The van der Waals surface area contributed by atoms with Gasteiger partial charge in [0.2, 0.25) is 0 Å². The lowest BCUT2D eigenvalue weighted by Gasteiger charge is -1.90. The number of hydrogen-bond acceptors (Lipinski definition) is 5. The molecule has 0 spiro atoms. The topological polar surface area (TPSA) is 138 Å². The van der Waals surface area contributed by atoms with Crippen LogP contribution in [0.4, 0.5) is 0 Å². The maximum Gasteiger partial charge on any atom is 0.397 e. The zero-order chi connectivity index (χ0) is 11.1. The molecule has 0 saturated carbocycles. The Morgan fingerprint density at radius 2 is 1.46 bits per heavy atom. The van der Waals surface area contributed by atoms with E-state index in [4.69, 9.17) is 22.1 Å². The van der Waals surface area contributed by atoms with Gasteiger partial charge in [-0.05, 0) is 0 Å². The van der Waals surface area contributed by atoms with E-state index >= 15 is 0 Å². The van der Waals surface area contributed by atoms with E-state index in [2.05, 4.69) is 10.8 Å². The molecule has 80 valence electrons. The Kier molecular flexibility index (Phi) is 6.93. The van der Waals surface area contributed by atoms with Crippen molar-refractivity contribution in [1.82, 2.24) is 0 Å². The summed E-state index contributed by atoms with van der Waals surface area (Å²) >= 11 is 0. The second kappa shape index (κ2) is 6.01. The van der Waals surface area contributed by atoms with E-state index in [9.17, 15) is 8.42 Å². The van der Waals surface area contributed by atoms with Gasteiger partial charge in [0, 0.05) is 0 Å². The zero-order valence-electron chi connectivity index (χ0n) is 6.19. The molecule has 0 fully saturated rings. The summed E-state index contributed by atoms with van der Waals surface area (Å²) in [6, 6.07) is 0. The highest BCUT2D eigenvalue weighted by Gasteiger charge is 1.99. The molecule has 10 heteroatoms. The summed E-state index contributed by atoms with van der Waals surface area (Å²) in [6.07, 6.45) is 1.22. The van der Waals surface area contributed by atoms with Crippen molar-refractivity contribution >= 4 is 20.8 Å². The van der Waals surface area contributed by atoms with Gasteiger partial charge in [0.1, 0.15) is 0 Å². The number of hydrogen-bond donors (Lipinski definition) is 3. The second-order valence-corrected chi connectivity index (χ2v) is 3.44. The van der Waals surface area contributed by atoms with Crippen LogP contribution in [-0.4, -0.2) is 37.1 Å². The van der Waals surface area contributed by atoms with Crippen LogP contribution in [0.5, 0.6) is 0 Å². The van der Waals surface area contributed by atoms with Crippen molar-refractivity contribution in [2.75, 3.05) is 6.61 Å². The van der Waals surface area contributed by atoms with Gasteiger partial charge in [-0.25, -0.2) is 4.18 Å². The van der Waals surface area contributed by atoms with Crippen LogP contribution in [0.25, 0.3) is 0 Å². The van der Waals surface area contributed by atoms with E-state index in [1.54, 1.807) is 0 Å². The summed E-state index contributed by atoms with van der Waals surface area (Å²) in [7, 11) is -8.92. The molecule has 0 aliphatic rings. The highest BCUT2D eigenvalue weighted by atomic mass is 32.3. The lowest BCUT2D eigenvalue weighted by atomic mass is 10.7. The average molecular weight is 236 g/mol. The monoisotopic (exact) mass is 236 g/mol. The molecule has 0 aliphatic heterocycles. The minimum absolute atomic E-state index is 0.196. The average Bonchev–Trinajstić information content (AvgIpc) is 1.77. The van der Waals surface area contributed by atoms with Crippen LogP contribution in [0.3, 0.4) is 0 Å². The molecule has 0 aromatic heterocycles. The highest BCUT2D eigenvalue weighted by molar-refractivity contribution is 7.80. The van der Waals surface area contributed by atoms with E-state index < -0.39 is 20.8 Å². The molecule has 0 bridgehead atoms. The summed E-state index contributed by atoms with van der Waals surface area (Å²) < 4.78 is 62.6. The Hall–Kier alpha value is -0.520. The Morgan fingerprint density at radius 3 is 1.54 bits per heavy atom. The summed E-state index contributed by atoms with van der Waals surface area (Å²) in [6.45, 7) is 2.97. The number of rotatable bonds is 3. The van der Waals surface area contributed by atoms with Crippen LogP contribution in [0.2, 0.25) is 0 Å². The van der Waals surface area contributed by atoms with Crippen LogP contribution in [0.1, 0.15) is 0 Å². The van der Waals surface area contributed by atoms with E-state index in [1.807, 2.05) is 0 Å². The molecule has 0 unspecified atom stereocenters. The van der Waals surface area contributed by atoms with Crippen molar-refractivity contribution in [1.29, 1.82) is 0 Å². The first kappa shape index (κ1) is 15.0. The summed E-state index contributed by atoms with van der Waals surface area (Å²) in [5.41, 5.74) is 0. The Labute approximate surface area is 75.4 Å². The van der Waals surface area contributed by atoms with Crippen molar-refractivity contribution in [2.24, 2.45) is 0 Å². The van der Waals surface area contributed by atoms with Crippen molar-refractivity contribution in [2.45, 2.75) is 0 Å². The van der Waals surface area contributed by atoms with Gasteiger partial charge in [0.05, 0.1) is 6.61 Å². The summed E-state index contributed by atoms with van der Waals surface area (Å²) in [5.74, 6) is 0. The smallest absolute Gasteiger partial charge is 0.264 e. The molecule has 8 nitrogen and oxygen atoms in total. The minimum atomic E-state index is -4.67. The largest absolute Gasteiger partial charge is 0.397 e. The van der Waals surface area contributed by atoms with E-state index in [1.165, 1.54) is 6.08 Å². The van der Waals surface area contributed by atoms with Gasteiger partial charge < -0.3 is 0 Å². The molecule has 0 amide bonds. The quantitative estimate of drug-likeness (QED) is 0.433. The van der Waals surface area contributed by atoms with Crippen molar-refractivity contribution in [3.05, 3.63) is 12.7 Å². The fraction of sp³-hybridized carbons (Fsp3) is 0.333. The molecule has 0 aromatic rings.